The molecule has 1 aliphatic heterocycles. The van der Waals surface area contributed by atoms with Gasteiger partial charge in [-0.1, -0.05) is 11.6 Å². The molecule has 2 amide bonds. The second-order valence-electron chi connectivity index (χ2n) is 5.20. The number of urea groups is 1. The Kier molecular flexibility index (Phi) is 3.53. The third-order valence-electron chi connectivity index (χ3n) is 3.85. The monoisotopic (exact) mass is 316 g/mol. The number of carbonyl (C=O) groups is 1. The van der Waals surface area contributed by atoms with Gasteiger partial charge in [-0.2, -0.15) is 0 Å². The molecular formula is C13H14ClFN2O4. The van der Waals surface area contributed by atoms with Gasteiger partial charge in [0.25, 0.3) is 0 Å². The van der Waals surface area contributed by atoms with Gasteiger partial charge in [-0.3, -0.25) is 4.90 Å². The van der Waals surface area contributed by atoms with Crippen LogP contribution in [0.1, 0.15) is 12.8 Å². The van der Waals surface area contributed by atoms with E-state index in [1.165, 1.54) is 6.20 Å². The van der Waals surface area contributed by atoms with E-state index in [2.05, 4.69) is 5.32 Å². The van der Waals surface area contributed by atoms with Gasteiger partial charge in [0, 0.05) is 11.8 Å². The number of hydrogen-bond donors (Lipinski definition) is 4. The summed E-state index contributed by atoms with van der Waals surface area (Å²) in [4.78, 5) is 13.0. The Labute approximate surface area is 124 Å². The van der Waals surface area contributed by atoms with Crippen molar-refractivity contribution >= 4 is 17.6 Å². The first-order chi connectivity index (χ1) is 9.95. The molecule has 1 saturated carbocycles. The van der Waals surface area contributed by atoms with Gasteiger partial charge in [0.1, 0.15) is 24.1 Å². The molecule has 0 spiro atoms. The average molecular weight is 317 g/mol. The van der Waals surface area contributed by atoms with Crippen LogP contribution in [0.4, 0.5) is 9.18 Å². The van der Waals surface area contributed by atoms with Crippen molar-refractivity contribution in [1.29, 1.82) is 0 Å². The molecule has 2 aliphatic carbocycles. The number of aliphatic hydroxyl groups excluding tert-OH is 3. The zero-order valence-corrected chi connectivity index (χ0v) is 11.6. The van der Waals surface area contributed by atoms with E-state index >= 15 is 0 Å². The maximum Gasteiger partial charge on any atom is 0.326 e. The minimum Gasteiger partial charge on any atom is -0.392 e. The van der Waals surface area contributed by atoms with Crippen molar-refractivity contribution in [3.05, 3.63) is 33.9 Å². The second kappa shape index (κ2) is 5.10. The molecule has 1 heterocycles. The van der Waals surface area contributed by atoms with Crippen LogP contribution in [-0.2, 0) is 0 Å². The maximum atomic E-state index is 14.2. The zero-order chi connectivity index (χ0) is 15.3. The number of nitrogens with zero attached hydrogens (tertiary/aromatic N) is 1. The van der Waals surface area contributed by atoms with Crippen molar-refractivity contribution in [2.45, 2.75) is 31.1 Å². The first-order valence-electron chi connectivity index (χ1n) is 6.50. The number of aliphatic hydroxyl groups is 3. The lowest BCUT2D eigenvalue weighted by Crippen LogP contribution is -2.51. The topological polar surface area (TPSA) is 93.0 Å². The van der Waals surface area contributed by atoms with E-state index in [1.54, 1.807) is 0 Å². The largest absolute Gasteiger partial charge is 0.392 e. The number of hydrogen-bond acceptors (Lipinski definition) is 4. The Bertz CT molecular complexity index is 595. The van der Waals surface area contributed by atoms with Crippen molar-refractivity contribution in [2.75, 3.05) is 6.61 Å². The molecule has 0 aromatic carbocycles. The van der Waals surface area contributed by atoms with Gasteiger partial charge in [0.15, 0.2) is 0 Å². The fourth-order valence-corrected chi connectivity index (χ4v) is 2.85. The molecule has 8 heteroatoms. The minimum atomic E-state index is -1.56. The van der Waals surface area contributed by atoms with Crippen molar-refractivity contribution in [1.82, 2.24) is 10.2 Å². The van der Waals surface area contributed by atoms with E-state index in [4.69, 9.17) is 16.7 Å². The Balaban J connectivity index is 1.96. The normalized spacial score (nSPS) is 32.6. The SMILES string of the molecule is O=C1NC(=C2CC2)C(Cl)=CN1[C@@H]1C(F)=C(CO)[C@@H](O)[C@H]1O. The highest BCUT2D eigenvalue weighted by Crippen LogP contribution is 2.38. The van der Waals surface area contributed by atoms with Crippen LogP contribution in [0.2, 0.25) is 0 Å². The molecule has 0 aromatic heterocycles. The van der Waals surface area contributed by atoms with Gasteiger partial charge in [-0.25, -0.2) is 9.18 Å². The molecule has 1 fully saturated rings. The quantitative estimate of drug-likeness (QED) is 0.595. The van der Waals surface area contributed by atoms with Crippen molar-refractivity contribution in [3.63, 3.8) is 0 Å². The van der Waals surface area contributed by atoms with Crippen LogP contribution in [-0.4, -0.2) is 51.1 Å². The third-order valence-corrected chi connectivity index (χ3v) is 4.14. The van der Waals surface area contributed by atoms with Crippen LogP contribution in [0.25, 0.3) is 0 Å². The van der Waals surface area contributed by atoms with Gasteiger partial charge < -0.3 is 20.6 Å². The number of amides is 2. The number of rotatable bonds is 2. The summed E-state index contributed by atoms with van der Waals surface area (Å²) in [6, 6.07) is -2.04. The third kappa shape index (κ3) is 2.26. The maximum absolute atomic E-state index is 14.2. The summed E-state index contributed by atoms with van der Waals surface area (Å²) >= 11 is 6.07. The summed E-state index contributed by atoms with van der Waals surface area (Å²) in [6.07, 6.45) is -0.167. The van der Waals surface area contributed by atoms with E-state index in [0.29, 0.717) is 5.70 Å². The van der Waals surface area contributed by atoms with Crippen LogP contribution in [0.3, 0.4) is 0 Å². The zero-order valence-electron chi connectivity index (χ0n) is 10.9. The molecule has 3 rings (SSSR count). The van der Waals surface area contributed by atoms with Crippen molar-refractivity contribution in [3.8, 4) is 0 Å². The number of allylic oxidation sites excluding steroid dienone is 2. The summed E-state index contributed by atoms with van der Waals surface area (Å²) in [5, 5.41) is 31.5. The number of carbonyl (C=O) groups excluding carboxylic acids is 1. The van der Waals surface area contributed by atoms with Crippen LogP contribution in [0, 0.1) is 0 Å². The lowest BCUT2D eigenvalue weighted by Gasteiger charge is -2.32. The Morgan fingerprint density at radius 1 is 1.43 bits per heavy atom. The van der Waals surface area contributed by atoms with E-state index in [0.717, 1.165) is 23.3 Å². The van der Waals surface area contributed by atoms with Crippen LogP contribution in [0.5, 0.6) is 0 Å². The summed E-state index contributed by atoms with van der Waals surface area (Å²) in [5.41, 5.74) is 1.22. The Hall–Kier alpha value is -1.41. The van der Waals surface area contributed by atoms with E-state index in [1.807, 2.05) is 0 Å². The Morgan fingerprint density at radius 2 is 2.10 bits per heavy atom. The molecule has 3 aliphatic rings. The first kappa shape index (κ1) is 14.5. The molecule has 21 heavy (non-hydrogen) atoms. The lowest BCUT2D eigenvalue weighted by molar-refractivity contribution is 0.0169. The summed E-state index contributed by atoms with van der Waals surface area (Å²) < 4.78 is 14.2. The van der Waals surface area contributed by atoms with Gasteiger partial charge in [-0.15, -0.1) is 0 Å². The lowest BCUT2D eigenvalue weighted by atomic mass is 10.1. The van der Waals surface area contributed by atoms with Crippen LogP contribution < -0.4 is 5.32 Å². The molecule has 0 radical (unpaired) electrons. The fourth-order valence-electron chi connectivity index (χ4n) is 2.57. The number of halogens is 2. The van der Waals surface area contributed by atoms with E-state index < -0.39 is 36.7 Å². The van der Waals surface area contributed by atoms with Crippen molar-refractivity contribution in [2.24, 2.45) is 0 Å². The smallest absolute Gasteiger partial charge is 0.326 e. The molecular weight excluding hydrogens is 303 g/mol. The Morgan fingerprint density at radius 3 is 2.62 bits per heavy atom. The molecule has 4 N–H and O–H groups in total. The minimum absolute atomic E-state index is 0.244. The predicted octanol–water partition coefficient (Wildman–Crippen LogP) is 0.460. The predicted molar refractivity (Wildman–Crippen MR) is 71.6 cm³/mol. The van der Waals surface area contributed by atoms with Crippen molar-refractivity contribution < 1.29 is 24.5 Å². The number of nitrogens with one attached hydrogen (secondary N) is 1. The molecule has 0 aromatic rings. The van der Waals surface area contributed by atoms with Gasteiger partial charge >= 0.3 is 6.03 Å². The molecule has 0 bridgehead atoms. The highest BCUT2D eigenvalue weighted by Gasteiger charge is 2.47. The average Bonchev–Trinajstić information content (AvgIpc) is 3.24. The summed E-state index contributed by atoms with van der Waals surface area (Å²) in [6.45, 7) is -0.733. The molecule has 6 nitrogen and oxygen atoms in total. The molecule has 3 atom stereocenters. The first-order valence-corrected chi connectivity index (χ1v) is 6.88. The van der Waals surface area contributed by atoms with E-state index in [9.17, 15) is 19.4 Å². The molecule has 0 saturated heterocycles. The standard InChI is InChI=1S/C13H14ClFN2O4/c14-7-3-17(13(21)16-9(7)5-1-2-5)10-8(15)6(4-18)11(19)12(10)20/h3,10-12,18-20H,1-2,4H2,(H,16,21)/t10-,11-,12+/m1/s1. The highest BCUT2D eigenvalue weighted by molar-refractivity contribution is 6.32. The molecule has 114 valence electrons. The van der Waals surface area contributed by atoms with Crippen LogP contribution in [0.15, 0.2) is 33.9 Å². The van der Waals surface area contributed by atoms with Gasteiger partial charge in [0.05, 0.1) is 17.3 Å². The van der Waals surface area contributed by atoms with Crippen LogP contribution >= 0.6 is 11.6 Å². The van der Waals surface area contributed by atoms with E-state index in [-0.39, 0.29) is 10.6 Å². The summed E-state index contributed by atoms with van der Waals surface area (Å²) in [5.74, 6) is -0.920. The fraction of sp³-hybridized carbons (Fsp3) is 0.462. The summed E-state index contributed by atoms with van der Waals surface area (Å²) in [7, 11) is 0. The van der Waals surface area contributed by atoms with Gasteiger partial charge in [-0.05, 0) is 18.4 Å². The van der Waals surface area contributed by atoms with Gasteiger partial charge in [0.2, 0.25) is 0 Å². The second-order valence-corrected chi connectivity index (χ2v) is 5.61. The highest BCUT2D eigenvalue weighted by atomic mass is 35.5. The molecule has 0 unspecified atom stereocenters.